The minimum absolute atomic E-state index is 0.0502. The van der Waals surface area contributed by atoms with E-state index in [0.29, 0.717) is 32.2 Å². The van der Waals surface area contributed by atoms with E-state index in [1.54, 1.807) is 0 Å². The Morgan fingerprint density at radius 1 is 0.902 bits per heavy atom. The molecule has 3 amide bonds. The van der Waals surface area contributed by atoms with E-state index in [1.165, 1.54) is 4.90 Å². The number of rotatable bonds is 14. The highest BCUT2D eigenvalue weighted by atomic mass is 16.4. The number of hydrogen-bond donors (Lipinski definition) is 6. The van der Waals surface area contributed by atoms with Gasteiger partial charge in [-0.1, -0.05) is 60.7 Å². The number of carbonyl (C=O) groups excluding carboxylic acids is 3. The van der Waals surface area contributed by atoms with E-state index in [4.69, 9.17) is 17.2 Å². The second kappa shape index (κ2) is 15.4. The molecule has 1 fully saturated rings. The van der Waals surface area contributed by atoms with Crippen molar-refractivity contribution in [1.29, 1.82) is 0 Å². The van der Waals surface area contributed by atoms with Crippen molar-refractivity contribution in [3.63, 3.8) is 0 Å². The van der Waals surface area contributed by atoms with E-state index in [0.717, 1.165) is 11.1 Å². The molecule has 2 aromatic carbocycles. The van der Waals surface area contributed by atoms with Gasteiger partial charge < -0.3 is 37.8 Å². The van der Waals surface area contributed by atoms with Gasteiger partial charge in [-0.3, -0.25) is 19.4 Å². The van der Waals surface area contributed by atoms with Crippen LogP contribution in [-0.4, -0.2) is 76.9 Å². The second-order valence-electron chi connectivity index (χ2n) is 10.1. The minimum Gasteiger partial charge on any atom is -0.480 e. The van der Waals surface area contributed by atoms with Crippen LogP contribution in [0.5, 0.6) is 0 Å². The Balaban J connectivity index is 1.79. The van der Waals surface area contributed by atoms with E-state index >= 15 is 0 Å². The molecule has 12 heteroatoms. The summed E-state index contributed by atoms with van der Waals surface area (Å²) >= 11 is 0. The largest absolute Gasteiger partial charge is 0.480 e. The summed E-state index contributed by atoms with van der Waals surface area (Å²) in [5.74, 6) is -2.71. The van der Waals surface area contributed by atoms with Crippen molar-refractivity contribution < 1.29 is 24.3 Å². The maximum absolute atomic E-state index is 13.7. The molecule has 1 saturated heterocycles. The SMILES string of the molecule is NC(N)=NCCCC(N)C(=O)NC(Cc1ccccc1)C(=O)NC(Cc1ccccc1)C(=O)N1CCCC1C(=O)O. The predicted molar refractivity (Wildman–Crippen MR) is 154 cm³/mol. The molecule has 0 saturated carbocycles. The van der Waals surface area contributed by atoms with E-state index in [9.17, 15) is 24.3 Å². The van der Waals surface area contributed by atoms with Gasteiger partial charge in [0.25, 0.3) is 0 Å². The number of likely N-dealkylation sites (tertiary alicyclic amines) is 1. The lowest BCUT2D eigenvalue weighted by molar-refractivity contribution is -0.149. The zero-order chi connectivity index (χ0) is 29.8. The van der Waals surface area contributed by atoms with Crippen LogP contribution in [0.4, 0.5) is 0 Å². The molecule has 41 heavy (non-hydrogen) atoms. The molecular formula is C29H39N7O5. The number of aliphatic carboxylic acids is 1. The molecule has 12 nitrogen and oxygen atoms in total. The molecule has 9 N–H and O–H groups in total. The van der Waals surface area contributed by atoms with Crippen molar-refractivity contribution in [2.75, 3.05) is 13.1 Å². The van der Waals surface area contributed by atoms with Gasteiger partial charge in [0.15, 0.2) is 5.96 Å². The normalized spacial score (nSPS) is 16.7. The number of nitrogens with two attached hydrogens (primary N) is 3. The molecule has 4 unspecified atom stereocenters. The molecule has 1 aliphatic heterocycles. The summed E-state index contributed by atoms with van der Waals surface area (Å²) in [5, 5.41) is 15.2. The molecule has 1 heterocycles. The van der Waals surface area contributed by atoms with Gasteiger partial charge in [0.05, 0.1) is 6.04 Å². The molecule has 0 aliphatic carbocycles. The summed E-state index contributed by atoms with van der Waals surface area (Å²) in [6.45, 7) is 0.601. The Morgan fingerprint density at radius 3 is 2.02 bits per heavy atom. The molecule has 0 spiro atoms. The molecule has 220 valence electrons. The number of carbonyl (C=O) groups is 4. The van der Waals surface area contributed by atoms with Crippen molar-refractivity contribution in [3.8, 4) is 0 Å². The lowest BCUT2D eigenvalue weighted by Crippen LogP contribution is -2.58. The Kier molecular flexibility index (Phi) is 11.6. The van der Waals surface area contributed by atoms with Crippen LogP contribution < -0.4 is 27.8 Å². The number of nitrogens with zero attached hydrogens (tertiary/aromatic N) is 2. The van der Waals surface area contributed by atoms with E-state index in [2.05, 4.69) is 15.6 Å². The van der Waals surface area contributed by atoms with E-state index in [1.807, 2.05) is 60.7 Å². The summed E-state index contributed by atoms with van der Waals surface area (Å²) < 4.78 is 0. The van der Waals surface area contributed by atoms with Crippen LogP contribution in [0.3, 0.4) is 0 Å². The lowest BCUT2D eigenvalue weighted by Gasteiger charge is -2.29. The summed E-state index contributed by atoms with van der Waals surface area (Å²) in [5.41, 5.74) is 18.3. The van der Waals surface area contributed by atoms with Crippen LogP contribution in [0, 0.1) is 0 Å². The summed E-state index contributed by atoms with van der Waals surface area (Å²) in [6, 6.07) is 14.4. The molecular weight excluding hydrogens is 526 g/mol. The number of amides is 3. The van der Waals surface area contributed by atoms with E-state index in [-0.39, 0.29) is 25.3 Å². The average molecular weight is 566 g/mol. The standard InChI is InChI=1S/C29H39N7O5/c30-21(13-7-15-33-29(31)32)25(37)34-22(17-19-9-3-1-4-10-19)26(38)35-23(18-20-11-5-2-6-12-20)27(39)36-16-8-14-24(36)28(40)41/h1-6,9-12,21-24H,7-8,13-18,30H2,(H,34,37)(H,35,38)(H,40,41)(H4,31,32,33). The van der Waals surface area contributed by atoms with E-state index < -0.39 is 47.9 Å². The zero-order valence-electron chi connectivity index (χ0n) is 22.9. The van der Waals surface area contributed by atoms with Crippen molar-refractivity contribution in [2.45, 2.75) is 62.7 Å². The van der Waals surface area contributed by atoms with Crippen molar-refractivity contribution >= 4 is 29.7 Å². The zero-order valence-corrected chi connectivity index (χ0v) is 22.9. The number of nitrogens with one attached hydrogen (secondary N) is 2. The second-order valence-corrected chi connectivity index (χ2v) is 10.1. The number of carboxylic acids is 1. The molecule has 1 aliphatic rings. The first-order valence-electron chi connectivity index (χ1n) is 13.7. The van der Waals surface area contributed by atoms with Crippen LogP contribution in [0.1, 0.15) is 36.8 Å². The highest BCUT2D eigenvalue weighted by molar-refractivity contribution is 5.94. The Labute approximate surface area is 239 Å². The number of carboxylic acid groups (broad SMARTS) is 1. The highest BCUT2D eigenvalue weighted by Gasteiger charge is 2.38. The number of benzene rings is 2. The third kappa shape index (κ3) is 9.60. The number of aliphatic imine (C=N–C) groups is 1. The third-order valence-corrected chi connectivity index (χ3v) is 6.94. The molecule has 4 atom stereocenters. The topological polar surface area (TPSA) is 206 Å². The van der Waals surface area contributed by atoms with Gasteiger partial charge in [-0.05, 0) is 36.8 Å². The predicted octanol–water partition coefficient (Wildman–Crippen LogP) is -0.102. The van der Waals surface area contributed by atoms with Crippen molar-refractivity contribution in [2.24, 2.45) is 22.2 Å². The van der Waals surface area contributed by atoms with Gasteiger partial charge in [-0.15, -0.1) is 0 Å². The number of hydrogen-bond acceptors (Lipinski definition) is 6. The van der Waals surface area contributed by atoms with Crippen LogP contribution in [-0.2, 0) is 32.0 Å². The van der Waals surface area contributed by atoms with Crippen LogP contribution in [0.15, 0.2) is 65.7 Å². The maximum atomic E-state index is 13.7. The van der Waals surface area contributed by atoms with Gasteiger partial charge in [-0.2, -0.15) is 0 Å². The van der Waals surface area contributed by atoms with Crippen LogP contribution in [0.2, 0.25) is 0 Å². The van der Waals surface area contributed by atoms with Crippen LogP contribution in [0.25, 0.3) is 0 Å². The maximum Gasteiger partial charge on any atom is 0.326 e. The molecule has 0 radical (unpaired) electrons. The first-order valence-corrected chi connectivity index (χ1v) is 13.7. The van der Waals surface area contributed by atoms with Crippen molar-refractivity contribution in [3.05, 3.63) is 71.8 Å². The van der Waals surface area contributed by atoms with Gasteiger partial charge >= 0.3 is 5.97 Å². The molecule has 3 rings (SSSR count). The van der Waals surface area contributed by atoms with Gasteiger partial charge in [-0.25, -0.2) is 4.79 Å². The first kappa shape index (κ1) is 31.1. The summed E-state index contributed by atoms with van der Waals surface area (Å²) in [6.07, 6.45) is 1.99. The molecule has 2 aromatic rings. The Bertz CT molecular complexity index is 1200. The lowest BCUT2D eigenvalue weighted by atomic mass is 10.0. The minimum atomic E-state index is -1.08. The fourth-order valence-electron chi connectivity index (χ4n) is 4.80. The average Bonchev–Trinajstić information content (AvgIpc) is 3.45. The molecule has 0 bridgehead atoms. The van der Waals surface area contributed by atoms with Gasteiger partial charge in [0, 0.05) is 25.9 Å². The Hall–Kier alpha value is -4.45. The third-order valence-electron chi connectivity index (χ3n) is 6.94. The summed E-state index contributed by atoms with van der Waals surface area (Å²) in [4.78, 5) is 57.2. The summed E-state index contributed by atoms with van der Waals surface area (Å²) in [7, 11) is 0. The van der Waals surface area contributed by atoms with Crippen molar-refractivity contribution in [1.82, 2.24) is 15.5 Å². The smallest absolute Gasteiger partial charge is 0.326 e. The Morgan fingerprint density at radius 2 is 1.46 bits per heavy atom. The monoisotopic (exact) mass is 565 g/mol. The number of guanidine groups is 1. The van der Waals surface area contributed by atoms with Crippen LogP contribution >= 0.6 is 0 Å². The van der Waals surface area contributed by atoms with Gasteiger partial charge in [0.2, 0.25) is 17.7 Å². The fourth-order valence-corrected chi connectivity index (χ4v) is 4.80. The first-order chi connectivity index (χ1) is 19.7. The molecule has 0 aromatic heterocycles. The highest BCUT2D eigenvalue weighted by Crippen LogP contribution is 2.20. The fraction of sp³-hybridized carbons (Fsp3) is 0.414. The quantitative estimate of drug-likeness (QED) is 0.103. The van der Waals surface area contributed by atoms with Gasteiger partial charge in [0.1, 0.15) is 18.1 Å².